The topological polar surface area (TPSA) is 113 Å². The van der Waals surface area contributed by atoms with Crippen LogP contribution in [0.3, 0.4) is 0 Å². The number of carbonyl (C=O) groups excluding carboxylic acids is 1. The number of hydrazone groups is 1. The van der Waals surface area contributed by atoms with Crippen molar-refractivity contribution < 1.29 is 18.3 Å². The van der Waals surface area contributed by atoms with Crippen LogP contribution in [0.2, 0.25) is 0 Å². The molecule has 0 aliphatic carbocycles. The normalized spacial score (nSPS) is 17.5. The Balaban J connectivity index is 1.24. The van der Waals surface area contributed by atoms with Crippen molar-refractivity contribution in [2.24, 2.45) is 12.1 Å². The highest BCUT2D eigenvalue weighted by Crippen LogP contribution is 2.32. The number of carbonyl (C=O) groups is 1. The molecule has 1 atom stereocenters. The van der Waals surface area contributed by atoms with Crippen molar-refractivity contribution in [3.63, 3.8) is 0 Å². The van der Waals surface area contributed by atoms with E-state index in [1.807, 2.05) is 6.07 Å². The summed E-state index contributed by atoms with van der Waals surface area (Å²) >= 11 is 0. The maximum atomic E-state index is 14.3. The van der Waals surface area contributed by atoms with Crippen molar-refractivity contribution >= 4 is 12.2 Å². The van der Waals surface area contributed by atoms with E-state index in [-0.39, 0.29) is 30.4 Å². The van der Waals surface area contributed by atoms with Gasteiger partial charge in [-0.3, -0.25) is 9.67 Å². The Labute approximate surface area is 192 Å². The molecule has 1 unspecified atom stereocenters. The van der Waals surface area contributed by atoms with Gasteiger partial charge in [-0.05, 0) is 23.8 Å². The number of halogens is 2. The molecular formula is C22H18F2N8O2. The molecule has 2 aromatic heterocycles. The lowest BCUT2D eigenvalue weighted by molar-refractivity contribution is 0.0257. The Bertz CT molecular complexity index is 1330. The van der Waals surface area contributed by atoms with Crippen molar-refractivity contribution in [1.82, 2.24) is 29.9 Å². The van der Waals surface area contributed by atoms with Gasteiger partial charge in [-0.25, -0.2) is 18.6 Å². The number of aryl methyl sites for hydroxylation is 1. The zero-order valence-electron chi connectivity index (χ0n) is 18.0. The molecule has 0 radical (unpaired) electrons. The van der Waals surface area contributed by atoms with Gasteiger partial charge >= 0.3 is 6.03 Å². The van der Waals surface area contributed by atoms with Gasteiger partial charge in [0, 0.05) is 25.7 Å². The van der Waals surface area contributed by atoms with E-state index in [2.05, 4.69) is 20.4 Å². The third kappa shape index (κ3) is 4.03. The Hall–Kier alpha value is -4.40. The zero-order valence-corrected chi connectivity index (χ0v) is 18.0. The van der Waals surface area contributed by atoms with Gasteiger partial charge in [-0.15, -0.1) is 5.10 Å². The lowest BCUT2D eigenvalue weighted by atomic mass is 10.0. The summed E-state index contributed by atoms with van der Waals surface area (Å²) in [7, 11) is 1.71. The third-order valence-corrected chi connectivity index (χ3v) is 5.56. The summed E-state index contributed by atoms with van der Waals surface area (Å²) < 4.78 is 35.4. The predicted molar refractivity (Wildman–Crippen MR) is 114 cm³/mol. The molecule has 3 aromatic rings. The van der Waals surface area contributed by atoms with E-state index in [4.69, 9.17) is 10.00 Å². The van der Waals surface area contributed by atoms with Crippen LogP contribution in [0.25, 0.3) is 11.4 Å². The van der Waals surface area contributed by atoms with Gasteiger partial charge in [0.2, 0.25) is 0 Å². The fourth-order valence-electron chi connectivity index (χ4n) is 3.85. The largest absolute Gasteiger partial charge is 0.483 e. The molecule has 5 rings (SSSR count). The van der Waals surface area contributed by atoms with Gasteiger partial charge in [0.15, 0.2) is 11.6 Å². The summed E-state index contributed by atoms with van der Waals surface area (Å²) in [5.74, 6) is -1.17. The van der Waals surface area contributed by atoms with E-state index >= 15 is 0 Å². The van der Waals surface area contributed by atoms with E-state index in [0.717, 1.165) is 12.3 Å². The second kappa shape index (κ2) is 8.51. The molecule has 4 heterocycles. The summed E-state index contributed by atoms with van der Waals surface area (Å²) in [6, 6.07) is 6.45. The van der Waals surface area contributed by atoms with Crippen molar-refractivity contribution in [1.29, 1.82) is 5.26 Å². The molecule has 0 N–H and O–H groups in total. The van der Waals surface area contributed by atoms with Crippen molar-refractivity contribution in [3.05, 3.63) is 59.4 Å². The Morgan fingerprint density at radius 1 is 1.21 bits per heavy atom. The first-order valence-electron chi connectivity index (χ1n) is 10.4. The number of nitriles is 1. The van der Waals surface area contributed by atoms with E-state index in [1.54, 1.807) is 25.5 Å². The number of hydrogen-bond acceptors (Lipinski definition) is 7. The number of pyridine rings is 1. The fraction of sp³-hybridized carbons (Fsp3) is 0.273. The number of amides is 2. The Morgan fingerprint density at radius 3 is 2.76 bits per heavy atom. The summed E-state index contributed by atoms with van der Waals surface area (Å²) in [6.07, 6.45) is 4.27. The van der Waals surface area contributed by atoms with E-state index < -0.39 is 23.8 Å². The molecule has 34 heavy (non-hydrogen) atoms. The molecule has 2 aliphatic rings. The summed E-state index contributed by atoms with van der Waals surface area (Å²) in [5, 5.41) is 22.3. The van der Waals surface area contributed by atoms with Crippen LogP contribution < -0.4 is 4.74 Å². The van der Waals surface area contributed by atoms with Gasteiger partial charge in [-0.1, -0.05) is 5.21 Å². The van der Waals surface area contributed by atoms with E-state index in [0.29, 0.717) is 23.4 Å². The summed E-state index contributed by atoms with van der Waals surface area (Å²) in [4.78, 5) is 18.5. The number of urea groups is 1. The van der Waals surface area contributed by atoms with E-state index in [9.17, 15) is 13.6 Å². The SMILES string of the molecule is Cn1cc(-c2cc(OC3CN(C(=O)N4N=CCC4c4cc(F)cc(C#N)c4)C3)c(F)cn2)nn1. The smallest absolute Gasteiger partial charge is 0.341 e. The number of rotatable bonds is 4. The minimum Gasteiger partial charge on any atom is -0.483 e. The number of nitrogens with zero attached hydrogens (tertiary/aromatic N) is 8. The van der Waals surface area contributed by atoms with Gasteiger partial charge in [0.1, 0.15) is 17.6 Å². The maximum absolute atomic E-state index is 14.3. The highest BCUT2D eigenvalue weighted by molar-refractivity contribution is 5.79. The molecule has 12 heteroatoms. The highest BCUT2D eigenvalue weighted by Gasteiger charge is 2.39. The molecule has 1 fully saturated rings. The van der Waals surface area contributed by atoms with Crippen LogP contribution in [0.1, 0.15) is 23.6 Å². The molecule has 2 amide bonds. The zero-order chi connectivity index (χ0) is 23.8. The lowest BCUT2D eigenvalue weighted by Crippen LogP contribution is -2.58. The maximum Gasteiger partial charge on any atom is 0.341 e. The molecular weight excluding hydrogens is 446 g/mol. The fourth-order valence-corrected chi connectivity index (χ4v) is 3.85. The number of likely N-dealkylation sites (tertiary alicyclic amines) is 1. The molecule has 0 spiro atoms. The van der Waals surface area contributed by atoms with Crippen LogP contribution in [0.5, 0.6) is 5.75 Å². The average Bonchev–Trinajstić information content (AvgIpc) is 3.45. The Kier molecular flexibility index (Phi) is 5.37. The molecule has 172 valence electrons. The third-order valence-electron chi connectivity index (χ3n) is 5.56. The number of aromatic nitrogens is 4. The first-order chi connectivity index (χ1) is 16.4. The quantitative estimate of drug-likeness (QED) is 0.587. The van der Waals surface area contributed by atoms with Crippen LogP contribution in [0, 0.1) is 23.0 Å². The van der Waals surface area contributed by atoms with Crippen LogP contribution in [-0.4, -0.2) is 61.3 Å². The van der Waals surface area contributed by atoms with Crippen molar-refractivity contribution in [2.75, 3.05) is 13.1 Å². The van der Waals surface area contributed by atoms with Gasteiger partial charge < -0.3 is 9.64 Å². The average molecular weight is 464 g/mol. The molecule has 2 aliphatic heterocycles. The number of hydrogen-bond donors (Lipinski definition) is 0. The molecule has 1 saturated heterocycles. The van der Waals surface area contributed by atoms with Crippen molar-refractivity contribution in [3.8, 4) is 23.2 Å². The Morgan fingerprint density at radius 2 is 2.03 bits per heavy atom. The number of ether oxygens (including phenoxy) is 1. The lowest BCUT2D eigenvalue weighted by Gasteiger charge is -2.41. The second-order valence-electron chi connectivity index (χ2n) is 7.98. The van der Waals surface area contributed by atoms with Crippen molar-refractivity contribution in [2.45, 2.75) is 18.6 Å². The predicted octanol–water partition coefficient (Wildman–Crippen LogP) is 2.64. The van der Waals surface area contributed by atoms with Crippen LogP contribution in [0.4, 0.5) is 13.6 Å². The van der Waals surface area contributed by atoms with Gasteiger partial charge in [0.05, 0.1) is 48.9 Å². The van der Waals surface area contributed by atoms with E-state index in [1.165, 1.54) is 26.7 Å². The van der Waals surface area contributed by atoms with Crippen LogP contribution >= 0.6 is 0 Å². The first kappa shape index (κ1) is 21.4. The van der Waals surface area contributed by atoms with Gasteiger partial charge in [0.25, 0.3) is 0 Å². The monoisotopic (exact) mass is 464 g/mol. The molecule has 10 nitrogen and oxygen atoms in total. The molecule has 1 aromatic carbocycles. The highest BCUT2D eigenvalue weighted by atomic mass is 19.1. The van der Waals surface area contributed by atoms with Gasteiger partial charge in [-0.2, -0.15) is 10.4 Å². The minimum absolute atomic E-state index is 0.00798. The second-order valence-corrected chi connectivity index (χ2v) is 7.98. The molecule has 0 bridgehead atoms. The standard InChI is InChI=1S/C22H18F2N8O2/c1-30-12-19(28-29-30)18-7-21(17(24)9-26-18)34-16-10-31(11-16)22(33)32-20(2-3-27-32)14-4-13(8-25)5-15(23)6-14/h3-7,9,12,16,20H,2,10-11H2,1H3. The number of benzene rings is 1. The summed E-state index contributed by atoms with van der Waals surface area (Å²) in [5.41, 5.74) is 1.56. The first-order valence-corrected chi connectivity index (χ1v) is 10.4. The van der Waals surface area contributed by atoms with Crippen LogP contribution in [-0.2, 0) is 7.05 Å². The van der Waals surface area contributed by atoms with Crippen LogP contribution in [0.15, 0.2) is 41.8 Å². The molecule has 0 saturated carbocycles. The summed E-state index contributed by atoms with van der Waals surface area (Å²) in [6.45, 7) is 0.457. The minimum atomic E-state index is -0.624.